The Hall–Kier alpha value is -1.64. The summed E-state index contributed by atoms with van der Waals surface area (Å²) in [6.45, 7) is -0.0722. The van der Waals surface area contributed by atoms with Crippen LogP contribution in [0.25, 0.3) is 0 Å². The van der Waals surface area contributed by atoms with Crippen LogP contribution in [-0.2, 0) is 14.8 Å². The summed E-state index contributed by atoms with van der Waals surface area (Å²) < 4.78 is 30.9. The number of benzene rings is 1. The SMILES string of the molecule is COc1ccc(S(=O)(=O)NCC(=O)NCCCO)cc1. The maximum Gasteiger partial charge on any atom is 0.241 e. The minimum atomic E-state index is -3.73. The molecule has 0 radical (unpaired) electrons. The molecule has 7 nitrogen and oxygen atoms in total. The van der Waals surface area contributed by atoms with Gasteiger partial charge in [0.1, 0.15) is 5.75 Å². The van der Waals surface area contributed by atoms with Crippen LogP contribution in [0.15, 0.2) is 29.2 Å². The van der Waals surface area contributed by atoms with E-state index in [0.717, 1.165) is 0 Å². The Labute approximate surface area is 118 Å². The predicted molar refractivity (Wildman–Crippen MR) is 72.9 cm³/mol. The van der Waals surface area contributed by atoms with E-state index in [0.29, 0.717) is 18.7 Å². The molecule has 0 heterocycles. The number of carbonyl (C=O) groups is 1. The van der Waals surface area contributed by atoms with Crippen molar-refractivity contribution in [3.8, 4) is 5.75 Å². The highest BCUT2D eigenvalue weighted by Crippen LogP contribution is 2.14. The molecule has 1 aromatic carbocycles. The second kappa shape index (κ2) is 7.83. The van der Waals surface area contributed by atoms with Crippen LogP contribution >= 0.6 is 0 Å². The first-order valence-electron chi connectivity index (χ1n) is 6.01. The van der Waals surface area contributed by atoms with Crippen LogP contribution in [-0.4, -0.2) is 46.2 Å². The Morgan fingerprint density at radius 1 is 1.30 bits per heavy atom. The molecule has 0 aliphatic carbocycles. The van der Waals surface area contributed by atoms with E-state index >= 15 is 0 Å². The molecule has 1 amide bonds. The molecule has 3 N–H and O–H groups in total. The van der Waals surface area contributed by atoms with Gasteiger partial charge in [0, 0.05) is 13.2 Å². The van der Waals surface area contributed by atoms with Gasteiger partial charge in [0.05, 0.1) is 18.6 Å². The van der Waals surface area contributed by atoms with E-state index in [9.17, 15) is 13.2 Å². The minimum Gasteiger partial charge on any atom is -0.497 e. The molecule has 0 fully saturated rings. The maximum atomic E-state index is 11.9. The third kappa shape index (κ3) is 5.16. The van der Waals surface area contributed by atoms with Gasteiger partial charge in [0.2, 0.25) is 15.9 Å². The van der Waals surface area contributed by atoms with Crippen molar-refractivity contribution in [1.82, 2.24) is 10.0 Å². The van der Waals surface area contributed by atoms with Crippen molar-refractivity contribution in [2.75, 3.05) is 26.8 Å². The van der Waals surface area contributed by atoms with Crippen LogP contribution in [0.3, 0.4) is 0 Å². The lowest BCUT2D eigenvalue weighted by atomic mass is 10.3. The highest BCUT2D eigenvalue weighted by atomic mass is 32.2. The molecular weight excluding hydrogens is 284 g/mol. The van der Waals surface area contributed by atoms with E-state index in [2.05, 4.69) is 10.0 Å². The molecule has 1 rings (SSSR count). The van der Waals surface area contributed by atoms with E-state index in [1.54, 1.807) is 0 Å². The van der Waals surface area contributed by atoms with E-state index in [-0.39, 0.29) is 18.0 Å². The second-order valence-electron chi connectivity index (χ2n) is 3.93. The number of hydrogen-bond donors (Lipinski definition) is 3. The van der Waals surface area contributed by atoms with Gasteiger partial charge in [-0.05, 0) is 30.7 Å². The Kier molecular flexibility index (Phi) is 6.43. The van der Waals surface area contributed by atoms with Gasteiger partial charge in [-0.25, -0.2) is 13.1 Å². The first kappa shape index (κ1) is 16.4. The van der Waals surface area contributed by atoms with Crippen molar-refractivity contribution in [3.63, 3.8) is 0 Å². The van der Waals surface area contributed by atoms with Crippen LogP contribution < -0.4 is 14.8 Å². The molecule has 0 saturated heterocycles. The number of sulfonamides is 1. The number of rotatable bonds is 8. The highest BCUT2D eigenvalue weighted by molar-refractivity contribution is 7.89. The minimum absolute atomic E-state index is 0.0299. The van der Waals surface area contributed by atoms with Crippen LogP contribution in [0.1, 0.15) is 6.42 Å². The van der Waals surface area contributed by atoms with Crippen LogP contribution in [0.2, 0.25) is 0 Å². The Bertz CT molecular complexity index is 527. The van der Waals surface area contributed by atoms with Crippen molar-refractivity contribution >= 4 is 15.9 Å². The van der Waals surface area contributed by atoms with E-state index < -0.39 is 15.9 Å². The first-order chi connectivity index (χ1) is 9.49. The molecule has 1 aromatic rings. The third-order valence-corrected chi connectivity index (χ3v) is 3.87. The molecule has 0 aromatic heterocycles. The van der Waals surface area contributed by atoms with Gasteiger partial charge >= 0.3 is 0 Å². The molecule has 0 atom stereocenters. The fraction of sp³-hybridized carbons (Fsp3) is 0.417. The molecule has 20 heavy (non-hydrogen) atoms. The number of methoxy groups -OCH3 is 1. The summed E-state index contributed by atoms with van der Waals surface area (Å²) in [6.07, 6.45) is 0.428. The monoisotopic (exact) mass is 302 g/mol. The van der Waals surface area contributed by atoms with Crippen LogP contribution in [0.4, 0.5) is 0 Å². The molecule has 112 valence electrons. The molecule has 0 aliphatic heterocycles. The lowest BCUT2D eigenvalue weighted by Gasteiger charge is -2.08. The first-order valence-corrected chi connectivity index (χ1v) is 7.49. The fourth-order valence-electron chi connectivity index (χ4n) is 1.37. The number of carbonyl (C=O) groups excluding carboxylic acids is 1. The van der Waals surface area contributed by atoms with Gasteiger partial charge in [0.25, 0.3) is 0 Å². The molecular formula is C12H18N2O5S. The Balaban J connectivity index is 2.54. The molecule has 0 aliphatic rings. The zero-order chi connectivity index (χ0) is 15.0. The topological polar surface area (TPSA) is 105 Å². The van der Waals surface area contributed by atoms with Crippen LogP contribution in [0, 0.1) is 0 Å². The average molecular weight is 302 g/mol. The van der Waals surface area contributed by atoms with Crippen LogP contribution in [0.5, 0.6) is 5.75 Å². The highest BCUT2D eigenvalue weighted by Gasteiger charge is 2.15. The number of ether oxygens (including phenoxy) is 1. The van der Waals surface area contributed by atoms with Crippen molar-refractivity contribution in [3.05, 3.63) is 24.3 Å². The summed E-state index contributed by atoms with van der Waals surface area (Å²) in [6, 6.07) is 5.83. The van der Waals surface area contributed by atoms with Gasteiger partial charge in [-0.2, -0.15) is 0 Å². The molecule has 0 unspecified atom stereocenters. The zero-order valence-electron chi connectivity index (χ0n) is 11.1. The van der Waals surface area contributed by atoms with Crippen molar-refractivity contribution in [1.29, 1.82) is 0 Å². The number of hydrogen-bond acceptors (Lipinski definition) is 5. The summed E-state index contributed by atoms with van der Waals surface area (Å²) in [5, 5.41) is 11.0. The van der Waals surface area contributed by atoms with E-state index in [1.165, 1.54) is 31.4 Å². The summed E-state index contributed by atoms with van der Waals surface area (Å²) >= 11 is 0. The number of aliphatic hydroxyl groups excluding tert-OH is 1. The summed E-state index contributed by atoms with van der Waals surface area (Å²) in [5.41, 5.74) is 0. The molecule has 0 bridgehead atoms. The van der Waals surface area contributed by atoms with E-state index in [1.807, 2.05) is 0 Å². The second-order valence-corrected chi connectivity index (χ2v) is 5.69. The largest absolute Gasteiger partial charge is 0.497 e. The van der Waals surface area contributed by atoms with Crippen molar-refractivity contribution in [2.45, 2.75) is 11.3 Å². The fourth-order valence-corrected chi connectivity index (χ4v) is 2.35. The van der Waals surface area contributed by atoms with Crippen molar-refractivity contribution < 1.29 is 23.1 Å². The van der Waals surface area contributed by atoms with Gasteiger partial charge < -0.3 is 15.2 Å². The lowest BCUT2D eigenvalue weighted by molar-refractivity contribution is -0.119. The summed E-state index contributed by atoms with van der Waals surface area (Å²) in [4.78, 5) is 11.4. The average Bonchev–Trinajstić information content (AvgIpc) is 2.45. The standard InChI is InChI=1S/C12H18N2O5S/c1-19-10-3-5-11(6-4-10)20(17,18)14-9-12(16)13-7-2-8-15/h3-6,14-15H,2,7-9H2,1H3,(H,13,16). The maximum absolute atomic E-state index is 11.9. The Morgan fingerprint density at radius 3 is 2.50 bits per heavy atom. The summed E-state index contributed by atoms with van der Waals surface area (Å²) in [5.74, 6) is 0.0984. The van der Waals surface area contributed by atoms with Gasteiger partial charge in [-0.3, -0.25) is 4.79 Å². The lowest BCUT2D eigenvalue weighted by Crippen LogP contribution is -2.37. The summed E-state index contributed by atoms with van der Waals surface area (Å²) in [7, 11) is -2.24. The number of nitrogens with one attached hydrogen (secondary N) is 2. The molecule has 8 heteroatoms. The third-order valence-electron chi connectivity index (χ3n) is 2.45. The van der Waals surface area contributed by atoms with Gasteiger partial charge in [0.15, 0.2) is 0 Å². The van der Waals surface area contributed by atoms with Gasteiger partial charge in [-0.1, -0.05) is 0 Å². The normalized spacial score (nSPS) is 11.1. The quantitative estimate of drug-likeness (QED) is 0.560. The van der Waals surface area contributed by atoms with Crippen molar-refractivity contribution in [2.24, 2.45) is 0 Å². The molecule has 0 spiro atoms. The predicted octanol–water partition coefficient (Wildman–Crippen LogP) is -0.528. The van der Waals surface area contributed by atoms with E-state index in [4.69, 9.17) is 9.84 Å². The number of aliphatic hydroxyl groups is 1. The Morgan fingerprint density at radius 2 is 1.95 bits per heavy atom. The zero-order valence-corrected chi connectivity index (χ0v) is 11.9. The molecule has 0 saturated carbocycles. The number of amides is 1. The smallest absolute Gasteiger partial charge is 0.241 e. The van der Waals surface area contributed by atoms with Gasteiger partial charge in [-0.15, -0.1) is 0 Å².